The first kappa shape index (κ1) is 17.7. The van der Waals surface area contributed by atoms with E-state index in [-0.39, 0.29) is 10.8 Å². The predicted octanol–water partition coefficient (Wildman–Crippen LogP) is 3.28. The van der Waals surface area contributed by atoms with Crippen molar-refractivity contribution >= 4 is 15.9 Å². The zero-order chi connectivity index (χ0) is 18.2. The molecule has 1 fully saturated rings. The Bertz CT molecular complexity index is 889. The molecule has 0 unspecified atom stereocenters. The van der Waals surface area contributed by atoms with Crippen molar-refractivity contribution in [2.24, 2.45) is 0 Å². The normalized spacial score (nSPS) is 15.4. The average molecular weight is 360 g/mol. The van der Waals surface area contributed by atoms with Crippen molar-refractivity contribution in [3.05, 3.63) is 52.8 Å². The average Bonchev–Trinajstić information content (AvgIpc) is 2.90. The minimum absolute atomic E-state index is 0.0712. The SMILES string of the molecule is Cc1ccc(S(=O)(=O)n2c(C)cc(C(=O)N3CCCCC3)c2C)cc1. The third-order valence-corrected chi connectivity index (χ3v) is 6.71. The Morgan fingerprint density at radius 1 is 0.960 bits per heavy atom. The van der Waals surface area contributed by atoms with Gasteiger partial charge >= 0.3 is 0 Å². The molecule has 2 aromatic rings. The third-order valence-electron chi connectivity index (χ3n) is 4.80. The summed E-state index contributed by atoms with van der Waals surface area (Å²) in [4.78, 5) is 14.9. The zero-order valence-electron chi connectivity index (χ0n) is 14.9. The lowest BCUT2D eigenvalue weighted by Crippen LogP contribution is -2.35. The molecule has 0 N–H and O–H groups in total. The highest BCUT2D eigenvalue weighted by Gasteiger charge is 2.27. The number of carbonyl (C=O) groups is 1. The minimum atomic E-state index is -3.71. The van der Waals surface area contributed by atoms with E-state index < -0.39 is 10.0 Å². The molecule has 1 aromatic carbocycles. The van der Waals surface area contributed by atoms with Gasteiger partial charge in [-0.25, -0.2) is 12.4 Å². The lowest BCUT2D eigenvalue weighted by Gasteiger charge is -2.26. The second-order valence-corrected chi connectivity index (χ2v) is 8.51. The van der Waals surface area contributed by atoms with Gasteiger partial charge in [-0.1, -0.05) is 17.7 Å². The Morgan fingerprint density at radius 2 is 1.56 bits per heavy atom. The number of hydrogen-bond donors (Lipinski definition) is 0. The highest BCUT2D eigenvalue weighted by Crippen LogP contribution is 2.25. The third kappa shape index (κ3) is 3.23. The molecule has 25 heavy (non-hydrogen) atoms. The number of aryl methyl sites for hydroxylation is 2. The van der Waals surface area contributed by atoms with E-state index in [1.54, 1.807) is 44.2 Å². The van der Waals surface area contributed by atoms with Crippen LogP contribution in [-0.2, 0) is 10.0 Å². The number of piperidine rings is 1. The van der Waals surface area contributed by atoms with E-state index in [0.717, 1.165) is 37.9 Å². The van der Waals surface area contributed by atoms with Crippen LogP contribution in [0.15, 0.2) is 35.2 Å². The van der Waals surface area contributed by atoms with E-state index >= 15 is 0 Å². The van der Waals surface area contributed by atoms with Crippen molar-refractivity contribution in [2.75, 3.05) is 13.1 Å². The van der Waals surface area contributed by atoms with Crippen LogP contribution in [0.3, 0.4) is 0 Å². The van der Waals surface area contributed by atoms with Gasteiger partial charge in [0, 0.05) is 24.5 Å². The largest absolute Gasteiger partial charge is 0.339 e. The molecule has 0 saturated carbocycles. The fraction of sp³-hybridized carbons (Fsp3) is 0.421. The van der Waals surface area contributed by atoms with Gasteiger partial charge in [0.05, 0.1) is 10.5 Å². The molecule has 1 saturated heterocycles. The number of nitrogens with zero attached hydrogens (tertiary/aromatic N) is 2. The Labute approximate surface area is 149 Å². The van der Waals surface area contributed by atoms with Crippen LogP contribution in [-0.4, -0.2) is 36.3 Å². The molecule has 0 bridgehead atoms. The molecule has 134 valence electrons. The first-order chi connectivity index (χ1) is 11.8. The Balaban J connectivity index is 2.02. The van der Waals surface area contributed by atoms with Gasteiger partial charge in [0.15, 0.2) is 0 Å². The first-order valence-electron chi connectivity index (χ1n) is 8.63. The van der Waals surface area contributed by atoms with Gasteiger partial charge in [0.1, 0.15) is 0 Å². The van der Waals surface area contributed by atoms with Crippen molar-refractivity contribution < 1.29 is 13.2 Å². The second kappa shape index (κ2) is 6.67. The Hall–Kier alpha value is -2.08. The lowest BCUT2D eigenvalue weighted by molar-refractivity contribution is 0.0723. The summed E-state index contributed by atoms with van der Waals surface area (Å²) < 4.78 is 27.4. The van der Waals surface area contributed by atoms with Crippen molar-refractivity contribution in [3.8, 4) is 0 Å². The highest BCUT2D eigenvalue weighted by molar-refractivity contribution is 7.90. The fourth-order valence-corrected chi connectivity index (χ4v) is 5.00. The highest BCUT2D eigenvalue weighted by atomic mass is 32.2. The van der Waals surface area contributed by atoms with E-state index in [1.807, 2.05) is 11.8 Å². The molecule has 0 atom stereocenters. The molecular weight excluding hydrogens is 336 g/mol. The van der Waals surface area contributed by atoms with Gasteiger partial charge < -0.3 is 4.90 Å². The van der Waals surface area contributed by atoms with Gasteiger partial charge in [-0.05, 0) is 58.2 Å². The van der Waals surface area contributed by atoms with E-state index in [4.69, 9.17) is 0 Å². The molecular formula is C19H24N2O3S. The monoisotopic (exact) mass is 360 g/mol. The summed E-state index contributed by atoms with van der Waals surface area (Å²) in [5.74, 6) is -0.0712. The lowest BCUT2D eigenvalue weighted by atomic mass is 10.1. The van der Waals surface area contributed by atoms with Crippen LogP contribution >= 0.6 is 0 Å². The van der Waals surface area contributed by atoms with Crippen molar-refractivity contribution in [1.29, 1.82) is 0 Å². The van der Waals surface area contributed by atoms with Gasteiger partial charge in [0.2, 0.25) is 0 Å². The van der Waals surface area contributed by atoms with Crippen LogP contribution in [0.2, 0.25) is 0 Å². The summed E-state index contributed by atoms with van der Waals surface area (Å²) in [6.45, 7) is 6.83. The topological polar surface area (TPSA) is 59.4 Å². The van der Waals surface area contributed by atoms with Crippen LogP contribution in [0.1, 0.15) is 46.6 Å². The molecule has 1 aliphatic rings. The molecule has 1 aromatic heterocycles. The van der Waals surface area contributed by atoms with Crippen LogP contribution in [0.5, 0.6) is 0 Å². The van der Waals surface area contributed by atoms with Crippen molar-refractivity contribution in [1.82, 2.24) is 8.87 Å². The Morgan fingerprint density at radius 3 is 2.16 bits per heavy atom. The molecule has 3 rings (SSSR count). The van der Waals surface area contributed by atoms with Crippen LogP contribution in [0.4, 0.5) is 0 Å². The van der Waals surface area contributed by atoms with Crippen molar-refractivity contribution in [2.45, 2.75) is 44.9 Å². The van der Waals surface area contributed by atoms with E-state index in [9.17, 15) is 13.2 Å². The number of hydrogen-bond acceptors (Lipinski definition) is 3. The summed E-state index contributed by atoms with van der Waals surface area (Å²) >= 11 is 0. The van der Waals surface area contributed by atoms with Gasteiger partial charge in [-0.3, -0.25) is 4.79 Å². The molecule has 1 aliphatic heterocycles. The molecule has 1 amide bonds. The molecule has 0 spiro atoms. The Kier molecular flexibility index (Phi) is 4.73. The summed E-state index contributed by atoms with van der Waals surface area (Å²) in [5, 5.41) is 0. The molecule has 5 nitrogen and oxygen atoms in total. The van der Waals surface area contributed by atoms with Crippen LogP contribution in [0, 0.1) is 20.8 Å². The maximum Gasteiger partial charge on any atom is 0.268 e. The molecule has 0 radical (unpaired) electrons. The molecule has 0 aliphatic carbocycles. The summed E-state index contributed by atoms with van der Waals surface area (Å²) in [6, 6.07) is 8.46. The number of amides is 1. The van der Waals surface area contributed by atoms with Crippen LogP contribution < -0.4 is 0 Å². The predicted molar refractivity (Wildman–Crippen MR) is 97.4 cm³/mol. The van der Waals surface area contributed by atoms with Gasteiger partial charge in [-0.15, -0.1) is 0 Å². The maximum atomic E-state index is 13.0. The fourth-order valence-electron chi connectivity index (χ4n) is 3.42. The smallest absolute Gasteiger partial charge is 0.268 e. The van der Waals surface area contributed by atoms with Crippen molar-refractivity contribution in [3.63, 3.8) is 0 Å². The summed E-state index contributed by atoms with van der Waals surface area (Å²) in [5.41, 5.74) is 2.52. The van der Waals surface area contributed by atoms with E-state index in [1.165, 1.54) is 3.97 Å². The quantitative estimate of drug-likeness (QED) is 0.844. The molecule has 2 heterocycles. The van der Waals surface area contributed by atoms with Gasteiger partial charge in [-0.2, -0.15) is 0 Å². The number of benzene rings is 1. The molecule has 6 heteroatoms. The van der Waals surface area contributed by atoms with Crippen LogP contribution in [0.25, 0.3) is 0 Å². The number of carbonyl (C=O) groups excluding carboxylic acids is 1. The number of rotatable bonds is 3. The van der Waals surface area contributed by atoms with E-state index in [0.29, 0.717) is 17.0 Å². The minimum Gasteiger partial charge on any atom is -0.339 e. The second-order valence-electron chi connectivity index (χ2n) is 6.72. The maximum absolute atomic E-state index is 13.0. The summed E-state index contributed by atoms with van der Waals surface area (Å²) in [6.07, 6.45) is 3.16. The standard InChI is InChI=1S/C19H24N2O3S/c1-14-7-9-17(10-8-14)25(23,24)21-15(2)13-18(16(21)3)19(22)20-11-5-4-6-12-20/h7-10,13H,4-6,11-12H2,1-3H3. The first-order valence-corrected chi connectivity index (χ1v) is 10.1. The number of likely N-dealkylation sites (tertiary alicyclic amines) is 1. The summed E-state index contributed by atoms with van der Waals surface area (Å²) in [7, 11) is -3.71. The zero-order valence-corrected chi connectivity index (χ0v) is 15.8. The van der Waals surface area contributed by atoms with E-state index in [2.05, 4.69) is 0 Å². The number of aromatic nitrogens is 1. The van der Waals surface area contributed by atoms with Gasteiger partial charge in [0.25, 0.3) is 15.9 Å².